The molecule has 226 valence electrons. The van der Waals surface area contributed by atoms with Gasteiger partial charge in [0.25, 0.3) is 0 Å². The third kappa shape index (κ3) is 15.2. The zero-order valence-electron chi connectivity index (χ0n) is 25.4. The summed E-state index contributed by atoms with van der Waals surface area (Å²) in [5.41, 5.74) is 0.259. The van der Waals surface area contributed by atoms with Crippen molar-refractivity contribution in [3.63, 3.8) is 0 Å². The molecule has 0 heterocycles. The smallest absolute Gasteiger partial charge is 0.244 e. The first-order valence-electron chi connectivity index (χ1n) is 14.7. The van der Waals surface area contributed by atoms with E-state index in [0.29, 0.717) is 29.6 Å². The molecule has 3 rings (SSSR count). The molecular formula is C34H69F3. The Kier molecular flexibility index (Phi) is 15.8. The first-order valence-corrected chi connectivity index (χ1v) is 14.7. The lowest BCUT2D eigenvalue weighted by molar-refractivity contribution is -0.0583. The van der Waals surface area contributed by atoms with Crippen molar-refractivity contribution in [2.24, 2.45) is 39.9 Å². The van der Waals surface area contributed by atoms with E-state index in [-0.39, 0.29) is 33.1 Å². The molecule has 0 saturated heterocycles. The van der Waals surface area contributed by atoms with E-state index >= 15 is 0 Å². The number of hydrogen-bond acceptors (Lipinski definition) is 0. The summed E-state index contributed by atoms with van der Waals surface area (Å²) in [5.74, 6) is 0.813. The van der Waals surface area contributed by atoms with Crippen LogP contribution in [0, 0.1) is 39.9 Å². The van der Waals surface area contributed by atoms with Crippen LogP contribution in [0.3, 0.4) is 0 Å². The molecule has 3 fully saturated rings. The molecule has 3 aliphatic carbocycles. The lowest BCUT2D eigenvalue weighted by atomic mass is 9.69. The van der Waals surface area contributed by atoms with Gasteiger partial charge in [-0.05, 0) is 98.2 Å². The third-order valence-corrected chi connectivity index (χ3v) is 9.44. The van der Waals surface area contributed by atoms with Crippen LogP contribution in [0.25, 0.3) is 0 Å². The maximum atomic E-state index is 13.4. The molecule has 0 N–H and O–H groups in total. The number of halogens is 3. The lowest BCUT2D eigenvalue weighted by Gasteiger charge is -2.38. The van der Waals surface area contributed by atoms with Gasteiger partial charge in [-0.2, -0.15) is 0 Å². The largest absolute Gasteiger partial charge is 0.248 e. The van der Waals surface area contributed by atoms with E-state index in [1.807, 2.05) is 0 Å². The van der Waals surface area contributed by atoms with Gasteiger partial charge in [-0.3, -0.25) is 0 Å². The van der Waals surface area contributed by atoms with Crippen LogP contribution in [0.15, 0.2) is 0 Å². The third-order valence-electron chi connectivity index (χ3n) is 9.44. The minimum absolute atomic E-state index is 0. The molecule has 0 aromatic heterocycles. The fraction of sp³-hybridized carbons (Fsp3) is 1.00. The SMILES string of the molecule is C.C.CC(C)(C)C1CCC(F)(F)CC1.CC1(F)CCC(C(C)(C)C)CC1.CC1CCC(C(C)(C)C)CC1. The molecule has 3 saturated carbocycles. The van der Waals surface area contributed by atoms with Gasteiger partial charge in [-0.15, -0.1) is 0 Å². The molecule has 0 atom stereocenters. The van der Waals surface area contributed by atoms with Gasteiger partial charge in [-0.1, -0.05) is 96.9 Å². The summed E-state index contributed by atoms with van der Waals surface area (Å²) in [6.07, 6.45) is 11.1. The maximum Gasteiger partial charge on any atom is 0.248 e. The Labute approximate surface area is 232 Å². The Balaban J connectivity index is 0. The molecule has 37 heavy (non-hydrogen) atoms. The Hall–Kier alpha value is -0.210. The van der Waals surface area contributed by atoms with Gasteiger partial charge in [0.05, 0.1) is 0 Å². The quantitative estimate of drug-likeness (QED) is 0.290. The fourth-order valence-electron chi connectivity index (χ4n) is 6.12. The molecule has 0 aliphatic heterocycles. The molecule has 0 aromatic carbocycles. The van der Waals surface area contributed by atoms with E-state index in [2.05, 4.69) is 69.2 Å². The molecule has 0 nitrogen and oxygen atoms in total. The fourth-order valence-corrected chi connectivity index (χ4v) is 6.12. The molecule has 3 aliphatic rings. The predicted molar refractivity (Wildman–Crippen MR) is 161 cm³/mol. The van der Waals surface area contributed by atoms with Crippen LogP contribution in [0.5, 0.6) is 0 Å². The van der Waals surface area contributed by atoms with Gasteiger partial charge >= 0.3 is 0 Å². The van der Waals surface area contributed by atoms with E-state index < -0.39 is 11.6 Å². The highest BCUT2D eigenvalue weighted by atomic mass is 19.3. The van der Waals surface area contributed by atoms with Crippen molar-refractivity contribution < 1.29 is 13.2 Å². The second kappa shape index (κ2) is 15.0. The average molecular weight is 535 g/mol. The number of alkyl halides is 3. The summed E-state index contributed by atoms with van der Waals surface area (Å²) in [4.78, 5) is 0. The summed E-state index contributed by atoms with van der Waals surface area (Å²) in [6, 6.07) is 0. The first-order chi connectivity index (χ1) is 15.6. The van der Waals surface area contributed by atoms with E-state index in [1.54, 1.807) is 6.92 Å². The van der Waals surface area contributed by atoms with Crippen molar-refractivity contribution in [1.82, 2.24) is 0 Å². The summed E-state index contributed by atoms with van der Waals surface area (Å²) in [7, 11) is 0. The minimum atomic E-state index is -2.37. The van der Waals surface area contributed by atoms with Crippen molar-refractivity contribution >= 4 is 0 Å². The van der Waals surface area contributed by atoms with Crippen molar-refractivity contribution in [2.45, 2.75) is 180 Å². The van der Waals surface area contributed by atoms with Crippen molar-refractivity contribution in [3.8, 4) is 0 Å². The summed E-state index contributed by atoms with van der Waals surface area (Å²) < 4.78 is 39.0. The van der Waals surface area contributed by atoms with E-state index in [0.717, 1.165) is 43.4 Å². The molecule has 0 amide bonds. The highest BCUT2D eigenvalue weighted by Gasteiger charge is 2.38. The standard InChI is InChI=1S/C11H21F.C11H22.C10H18F2.2CH4/c1-10(2,3)9-5-7-11(4,12)8-6-9;1-9-5-7-10(8-6-9)11(2,3)4;1-9(2,3)8-4-6-10(11,12)7-5-8;;/h9H,5-8H2,1-4H3;9-10H,5-8H2,1-4H3;8H,4-7H2,1-3H3;2*1H4. The predicted octanol–water partition coefficient (Wildman–Crippen LogP) is 12.9. The van der Waals surface area contributed by atoms with Gasteiger partial charge in [0.2, 0.25) is 5.92 Å². The molecule has 3 heteroatoms. The van der Waals surface area contributed by atoms with E-state index in [1.165, 1.54) is 25.7 Å². The molecule has 0 unspecified atom stereocenters. The van der Waals surface area contributed by atoms with Crippen molar-refractivity contribution in [3.05, 3.63) is 0 Å². The van der Waals surface area contributed by atoms with Crippen LogP contribution >= 0.6 is 0 Å². The molecule has 0 radical (unpaired) electrons. The monoisotopic (exact) mass is 535 g/mol. The Morgan fingerprint density at radius 2 is 0.757 bits per heavy atom. The second-order valence-corrected chi connectivity index (χ2v) is 15.9. The van der Waals surface area contributed by atoms with Crippen LogP contribution in [0.4, 0.5) is 13.2 Å². The van der Waals surface area contributed by atoms with Gasteiger partial charge in [0, 0.05) is 12.8 Å². The highest BCUT2D eigenvalue weighted by Crippen LogP contribution is 2.44. The minimum Gasteiger partial charge on any atom is -0.244 e. The lowest BCUT2D eigenvalue weighted by Crippen LogP contribution is -2.31. The maximum absolute atomic E-state index is 13.4. The molecular weight excluding hydrogens is 465 g/mol. The Morgan fingerprint density at radius 1 is 0.486 bits per heavy atom. The summed E-state index contributed by atoms with van der Waals surface area (Å²) in [5, 5.41) is 0. The van der Waals surface area contributed by atoms with E-state index in [9.17, 15) is 13.2 Å². The molecule has 0 bridgehead atoms. The first kappa shape index (κ1) is 38.9. The normalized spacial score (nSPS) is 30.8. The summed E-state index contributed by atoms with van der Waals surface area (Å²) in [6.45, 7) is 24.5. The highest BCUT2D eigenvalue weighted by molar-refractivity contribution is 4.86. The average Bonchev–Trinajstić information content (AvgIpc) is 2.66. The Morgan fingerprint density at radius 3 is 1.05 bits per heavy atom. The van der Waals surface area contributed by atoms with Crippen LogP contribution in [-0.4, -0.2) is 11.6 Å². The van der Waals surface area contributed by atoms with Crippen molar-refractivity contribution in [2.75, 3.05) is 0 Å². The van der Waals surface area contributed by atoms with Crippen LogP contribution in [0.1, 0.15) is 168 Å². The van der Waals surface area contributed by atoms with E-state index in [4.69, 9.17) is 0 Å². The molecule has 0 aromatic rings. The number of hydrogen-bond donors (Lipinski definition) is 0. The zero-order chi connectivity index (χ0) is 27.3. The van der Waals surface area contributed by atoms with Gasteiger partial charge < -0.3 is 0 Å². The number of rotatable bonds is 0. The van der Waals surface area contributed by atoms with Gasteiger partial charge in [-0.25, -0.2) is 13.2 Å². The van der Waals surface area contributed by atoms with Gasteiger partial charge in [0.15, 0.2) is 0 Å². The van der Waals surface area contributed by atoms with Gasteiger partial charge in [0.1, 0.15) is 5.67 Å². The van der Waals surface area contributed by atoms with Crippen LogP contribution in [-0.2, 0) is 0 Å². The van der Waals surface area contributed by atoms with Crippen LogP contribution in [0.2, 0.25) is 0 Å². The Bertz CT molecular complexity index is 534. The van der Waals surface area contributed by atoms with Crippen LogP contribution < -0.4 is 0 Å². The zero-order valence-corrected chi connectivity index (χ0v) is 25.4. The summed E-state index contributed by atoms with van der Waals surface area (Å²) >= 11 is 0. The second-order valence-electron chi connectivity index (χ2n) is 15.9. The molecule has 0 spiro atoms. The topological polar surface area (TPSA) is 0 Å². The van der Waals surface area contributed by atoms with Crippen molar-refractivity contribution in [1.29, 1.82) is 0 Å².